The lowest BCUT2D eigenvalue weighted by atomic mass is 9.80. The van der Waals surface area contributed by atoms with E-state index < -0.39 is 0 Å². The Morgan fingerprint density at radius 1 is 1.11 bits per heavy atom. The minimum Gasteiger partial charge on any atom is -0.487 e. The van der Waals surface area contributed by atoms with Crippen molar-refractivity contribution in [3.8, 4) is 5.75 Å². The van der Waals surface area contributed by atoms with Crippen LogP contribution in [-0.4, -0.2) is 42.8 Å². The fourth-order valence-electron chi connectivity index (χ4n) is 4.77. The molecule has 1 N–H and O–H groups in total. The molecule has 2 aromatic rings. The van der Waals surface area contributed by atoms with E-state index in [9.17, 15) is 0 Å². The summed E-state index contributed by atoms with van der Waals surface area (Å²) in [4.78, 5) is 2.47. The minimum atomic E-state index is -0.0643. The largest absolute Gasteiger partial charge is 0.487 e. The maximum Gasteiger partial charge on any atom is 0.124 e. The van der Waals surface area contributed by atoms with Crippen LogP contribution in [0.2, 0.25) is 0 Å². The van der Waals surface area contributed by atoms with Gasteiger partial charge in [0.15, 0.2) is 0 Å². The van der Waals surface area contributed by atoms with Gasteiger partial charge >= 0.3 is 0 Å². The number of nitrogens with zero attached hydrogens (tertiary/aromatic N) is 1. The maximum atomic E-state index is 6.62. The van der Waals surface area contributed by atoms with Crippen molar-refractivity contribution >= 4 is 0 Å². The number of furan rings is 1. The smallest absolute Gasteiger partial charge is 0.124 e. The molecule has 3 aliphatic heterocycles. The van der Waals surface area contributed by atoms with E-state index in [1.165, 1.54) is 5.56 Å². The summed E-state index contributed by atoms with van der Waals surface area (Å²) in [6, 6.07) is 13.4. The van der Waals surface area contributed by atoms with Gasteiger partial charge in [0, 0.05) is 43.8 Å². The van der Waals surface area contributed by atoms with E-state index in [0.29, 0.717) is 12.1 Å². The number of rotatable bonds is 4. The Labute approximate surface area is 160 Å². The molecule has 27 heavy (non-hydrogen) atoms. The quantitative estimate of drug-likeness (QED) is 0.895. The zero-order chi connectivity index (χ0) is 18.1. The monoisotopic (exact) mass is 368 g/mol. The highest BCUT2D eigenvalue weighted by Crippen LogP contribution is 2.44. The third kappa shape index (κ3) is 3.64. The Morgan fingerprint density at radius 2 is 2.00 bits per heavy atom. The maximum absolute atomic E-state index is 6.62. The van der Waals surface area contributed by atoms with Gasteiger partial charge in [0.1, 0.15) is 17.1 Å². The van der Waals surface area contributed by atoms with Crippen molar-refractivity contribution in [2.45, 2.75) is 49.9 Å². The molecule has 2 atom stereocenters. The lowest BCUT2D eigenvalue weighted by molar-refractivity contribution is -0.0292. The fourth-order valence-corrected chi connectivity index (χ4v) is 4.77. The zero-order valence-corrected chi connectivity index (χ0v) is 15.7. The van der Waals surface area contributed by atoms with E-state index in [1.807, 2.05) is 6.07 Å². The van der Waals surface area contributed by atoms with Gasteiger partial charge in [-0.15, -0.1) is 0 Å². The number of para-hydroxylation sites is 1. The molecule has 144 valence electrons. The van der Waals surface area contributed by atoms with Crippen LogP contribution < -0.4 is 10.1 Å². The van der Waals surface area contributed by atoms with Crippen molar-refractivity contribution in [2.24, 2.45) is 0 Å². The molecule has 0 aliphatic carbocycles. The first-order valence-electron chi connectivity index (χ1n) is 10.2. The molecule has 0 amide bonds. The molecule has 2 unspecified atom stereocenters. The number of ether oxygens (including phenoxy) is 2. The van der Waals surface area contributed by atoms with Crippen LogP contribution in [0.5, 0.6) is 5.75 Å². The van der Waals surface area contributed by atoms with Crippen LogP contribution in [0.1, 0.15) is 43.0 Å². The molecule has 5 rings (SSSR count). The highest BCUT2D eigenvalue weighted by Gasteiger charge is 2.43. The summed E-state index contributed by atoms with van der Waals surface area (Å²) >= 11 is 0. The van der Waals surface area contributed by atoms with Gasteiger partial charge in [-0.1, -0.05) is 18.2 Å². The summed E-state index contributed by atoms with van der Waals surface area (Å²) in [6.07, 6.45) is 6.01. The summed E-state index contributed by atoms with van der Waals surface area (Å²) in [6.45, 7) is 4.67. The predicted molar refractivity (Wildman–Crippen MR) is 103 cm³/mol. The van der Waals surface area contributed by atoms with Gasteiger partial charge in [-0.25, -0.2) is 0 Å². The zero-order valence-electron chi connectivity index (χ0n) is 15.7. The van der Waals surface area contributed by atoms with Gasteiger partial charge in [0.25, 0.3) is 0 Å². The molecule has 1 aromatic heterocycles. The van der Waals surface area contributed by atoms with Crippen molar-refractivity contribution in [3.05, 3.63) is 54.0 Å². The highest BCUT2D eigenvalue weighted by molar-refractivity contribution is 5.39. The van der Waals surface area contributed by atoms with Crippen molar-refractivity contribution in [1.29, 1.82) is 0 Å². The van der Waals surface area contributed by atoms with Crippen molar-refractivity contribution < 1.29 is 13.9 Å². The van der Waals surface area contributed by atoms with Crippen LogP contribution in [0.4, 0.5) is 0 Å². The normalized spacial score (nSPS) is 27.4. The molecular weight excluding hydrogens is 340 g/mol. The van der Waals surface area contributed by atoms with E-state index in [2.05, 4.69) is 40.5 Å². The molecule has 0 saturated carbocycles. The van der Waals surface area contributed by atoms with Gasteiger partial charge in [0.2, 0.25) is 0 Å². The Bertz CT molecular complexity index is 747. The number of likely N-dealkylation sites (tertiary alicyclic amines) is 1. The molecule has 4 heterocycles. The van der Waals surface area contributed by atoms with Crippen LogP contribution in [-0.2, 0) is 11.3 Å². The van der Waals surface area contributed by atoms with E-state index in [1.54, 1.807) is 6.26 Å². The van der Waals surface area contributed by atoms with Gasteiger partial charge in [0.05, 0.1) is 19.4 Å². The number of fused-ring (bicyclic) bond motifs is 1. The first kappa shape index (κ1) is 17.3. The second-order valence-electron chi connectivity index (χ2n) is 8.16. The lowest BCUT2D eigenvalue weighted by Gasteiger charge is -2.47. The van der Waals surface area contributed by atoms with E-state index in [0.717, 1.165) is 70.0 Å². The first-order chi connectivity index (χ1) is 13.3. The summed E-state index contributed by atoms with van der Waals surface area (Å²) in [7, 11) is 0. The van der Waals surface area contributed by atoms with Gasteiger partial charge < -0.3 is 19.2 Å². The lowest BCUT2D eigenvalue weighted by Crippen LogP contribution is -2.52. The molecule has 3 aliphatic rings. The van der Waals surface area contributed by atoms with Crippen LogP contribution in [0.3, 0.4) is 0 Å². The van der Waals surface area contributed by atoms with Crippen LogP contribution in [0, 0.1) is 0 Å². The number of hydrogen-bond donors (Lipinski definition) is 1. The van der Waals surface area contributed by atoms with Crippen molar-refractivity contribution in [2.75, 3.05) is 26.3 Å². The average molecular weight is 368 g/mol. The molecule has 0 radical (unpaired) electrons. The van der Waals surface area contributed by atoms with Crippen LogP contribution >= 0.6 is 0 Å². The molecule has 5 nitrogen and oxygen atoms in total. The first-order valence-corrected chi connectivity index (χ1v) is 10.2. The Morgan fingerprint density at radius 3 is 2.78 bits per heavy atom. The minimum absolute atomic E-state index is 0.0643. The molecule has 0 bridgehead atoms. The van der Waals surface area contributed by atoms with Gasteiger partial charge in [-0.05, 0) is 37.5 Å². The third-order valence-electron chi connectivity index (χ3n) is 6.29. The predicted octanol–water partition coefficient (Wildman–Crippen LogP) is 3.52. The number of nitrogens with one attached hydrogen (secondary N) is 1. The summed E-state index contributed by atoms with van der Waals surface area (Å²) in [5, 5.41) is 3.86. The SMILES string of the molecule is c1coc(CN2CCC3(CC2)CC(NC2CCOC2)c2ccccc2O3)c1. The standard InChI is InChI=1S/C22H28N2O3/c1-2-6-21-19(5-1)20(23-17-7-13-25-16-17)14-22(27-21)8-10-24(11-9-22)15-18-4-3-12-26-18/h1-6,12,17,20,23H,7-11,13-16H2. The second-order valence-corrected chi connectivity index (χ2v) is 8.16. The van der Waals surface area contributed by atoms with E-state index in [-0.39, 0.29) is 5.60 Å². The van der Waals surface area contributed by atoms with Crippen LogP contribution in [0.25, 0.3) is 0 Å². The molecule has 2 fully saturated rings. The average Bonchev–Trinajstić information content (AvgIpc) is 3.38. The summed E-state index contributed by atoms with van der Waals surface area (Å²) < 4.78 is 17.7. The highest BCUT2D eigenvalue weighted by atomic mass is 16.5. The number of piperidine rings is 1. The molecule has 2 saturated heterocycles. The summed E-state index contributed by atoms with van der Waals surface area (Å²) in [5.74, 6) is 2.10. The van der Waals surface area contributed by atoms with Gasteiger partial charge in [-0.2, -0.15) is 0 Å². The molecule has 1 spiro atoms. The van der Waals surface area contributed by atoms with Crippen LogP contribution in [0.15, 0.2) is 47.1 Å². The Kier molecular flexibility index (Phi) is 4.68. The number of hydrogen-bond acceptors (Lipinski definition) is 5. The van der Waals surface area contributed by atoms with Gasteiger partial charge in [-0.3, -0.25) is 4.90 Å². The second kappa shape index (κ2) is 7.30. The molecular formula is C22H28N2O3. The molecule has 5 heteroatoms. The summed E-state index contributed by atoms with van der Waals surface area (Å²) in [5.41, 5.74) is 1.23. The Hall–Kier alpha value is -1.82. The Balaban J connectivity index is 1.30. The number of benzene rings is 1. The third-order valence-corrected chi connectivity index (χ3v) is 6.29. The van der Waals surface area contributed by atoms with E-state index in [4.69, 9.17) is 13.9 Å². The van der Waals surface area contributed by atoms with Crippen molar-refractivity contribution in [1.82, 2.24) is 10.2 Å². The molecule has 1 aromatic carbocycles. The van der Waals surface area contributed by atoms with Crippen molar-refractivity contribution in [3.63, 3.8) is 0 Å². The van der Waals surface area contributed by atoms with E-state index >= 15 is 0 Å². The topological polar surface area (TPSA) is 46.9 Å². The fraction of sp³-hybridized carbons (Fsp3) is 0.545.